The van der Waals surface area contributed by atoms with E-state index in [0.29, 0.717) is 12.5 Å². The van der Waals surface area contributed by atoms with Gasteiger partial charge < -0.3 is 9.64 Å². The van der Waals surface area contributed by atoms with Crippen LogP contribution in [0.15, 0.2) is 24.3 Å². The summed E-state index contributed by atoms with van der Waals surface area (Å²) in [4.78, 5) is 2.37. The fourth-order valence-electron chi connectivity index (χ4n) is 2.65. The first kappa shape index (κ1) is 13.7. The third-order valence-corrected chi connectivity index (χ3v) is 3.49. The average molecular weight is 258 g/mol. The summed E-state index contributed by atoms with van der Waals surface area (Å²) < 4.78 is 5.66. The van der Waals surface area contributed by atoms with E-state index >= 15 is 0 Å². The SMILES string of the molecule is CC(C)Oc1ccc(N2CCCCC2CC#N)cc1. The first-order chi connectivity index (χ1) is 9.20. The number of ether oxygens (including phenoxy) is 1. The molecular formula is C16H22N2O. The van der Waals surface area contributed by atoms with Crippen molar-refractivity contribution in [2.45, 2.75) is 51.7 Å². The summed E-state index contributed by atoms with van der Waals surface area (Å²) in [5.41, 5.74) is 1.20. The van der Waals surface area contributed by atoms with Crippen LogP contribution in [0.4, 0.5) is 5.69 Å². The van der Waals surface area contributed by atoms with Crippen molar-refractivity contribution >= 4 is 5.69 Å². The predicted octanol–water partition coefficient (Wildman–Crippen LogP) is 3.75. The van der Waals surface area contributed by atoms with E-state index < -0.39 is 0 Å². The maximum atomic E-state index is 8.93. The molecule has 1 saturated heterocycles. The molecule has 1 heterocycles. The zero-order valence-corrected chi connectivity index (χ0v) is 11.8. The van der Waals surface area contributed by atoms with Gasteiger partial charge in [0.2, 0.25) is 0 Å². The molecule has 0 spiro atoms. The van der Waals surface area contributed by atoms with Gasteiger partial charge in [-0.2, -0.15) is 5.26 Å². The smallest absolute Gasteiger partial charge is 0.119 e. The highest BCUT2D eigenvalue weighted by atomic mass is 16.5. The van der Waals surface area contributed by atoms with Gasteiger partial charge in [0.25, 0.3) is 0 Å². The number of hydrogen-bond acceptors (Lipinski definition) is 3. The summed E-state index contributed by atoms with van der Waals surface area (Å²) >= 11 is 0. The molecule has 1 aliphatic rings. The van der Waals surface area contributed by atoms with Crippen molar-refractivity contribution in [1.29, 1.82) is 5.26 Å². The molecule has 1 fully saturated rings. The van der Waals surface area contributed by atoms with Crippen molar-refractivity contribution in [2.75, 3.05) is 11.4 Å². The van der Waals surface area contributed by atoms with Gasteiger partial charge in [-0.05, 0) is 57.4 Å². The van der Waals surface area contributed by atoms with Gasteiger partial charge >= 0.3 is 0 Å². The lowest BCUT2D eigenvalue weighted by Crippen LogP contribution is -2.39. The normalized spacial score (nSPS) is 19.3. The first-order valence-electron chi connectivity index (χ1n) is 7.11. The zero-order chi connectivity index (χ0) is 13.7. The Labute approximate surface area is 115 Å². The van der Waals surface area contributed by atoms with Crippen LogP contribution in [-0.4, -0.2) is 18.7 Å². The summed E-state index contributed by atoms with van der Waals surface area (Å²) in [6.45, 7) is 5.11. The Morgan fingerprint density at radius 2 is 2.05 bits per heavy atom. The first-order valence-corrected chi connectivity index (χ1v) is 7.11. The maximum Gasteiger partial charge on any atom is 0.119 e. The van der Waals surface area contributed by atoms with E-state index in [0.717, 1.165) is 18.7 Å². The largest absolute Gasteiger partial charge is 0.491 e. The molecule has 0 N–H and O–H groups in total. The van der Waals surface area contributed by atoms with Gasteiger partial charge in [-0.15, -0.1) is 0 Å². The number of benzene rings is 1. The molecule has 0 aliphatic carbocycles. The lowest BCUT2D eigenvalue weighted by molar-refractivity contribution is 0.242. The second kappa shape index (κ2) is 6.47. The van der Waals surface area contributed by atoms with Crippen LogP contribution in [-0.2, 0) is 0 Å². The van der Waals surface area contributed by atoms with Crippen molar-refractivity contribution in [3.05, 3.63) is 24.3 Å². The van der Waals surface area contributed by atoms with Crippen LogP contribution in [0.1, 0.15) is 39.5 Å². The summed E-state index contributed by atoms with van der Waals surface area (Å²) in [6, 6.07) is 10.9. The van der Waals surface area contributed by atoms with Crippen LogP contribution < -0.4 is 9.64 Å². The monoisotopic (exact) mass is 258 g/mol. The summed E-state index contributed by atoms with van der Waals surface area (Å²) in [6.07, 6.45) is 4.39. The molecule has 3 nitrogen and oxygen atoms in total. The van der Waals surface area contributed by atoms with E-state index in [2.05, 4.69) is 23.1 Å². The minimum atomic E-state index is 0.201. The number of nitriles is 1. The van der Waals surface area contributed by atoms with Gasteiger partial charge in [0.05, 0.1) is 18.6 Å². The minimum absolute atomic E-state index is 0.201. The van der Waals surface area contributed by atoms with Crippen molar-refractivity contribution < 1.29 is 4.74 Å². The molecule has 0 amide bonds. The molecule has 102 valence electrons. The van der Waals surface area contributed by atoms with Crippen molar-refractivity contribution in [3.8, 4) is 11.8 Å². The third-order valence-electron chi connectivity index (χ3n) is 3.49. The Hall–Kier alpha value is -1.69. The molecule has 2 rings (SSSR count). The van der Waals surface area contributed by atoms with Gasteiger partial charge in [-0.1, -0.05) is 0 Å². The van der Waals surface area contributed by atoms with E-state index in [1.807, 2.05) is 26.0 Å². The molecule has 1 aromatic carbocycles. The van der Waals surface area contributed by atoms with Crippen molar-refractivity contribution in [3.63, 3.8) is 0 Å². The van der Waals surface area contributed by atoms with E-state index in [9.17, 15) is 0 Å². The molecule has 1 aromatic rings. The van der Waals surface area contributed by atoms with Gasteiger partial charge in [-0.25, -0.2) is 0 Å². The van der Waals surface area contributed by atoms with E-state index in [-0.39, 0.29) is 6.10 Å². The van der Waals surface area contributed by atoms with Crippen LogP contribution in [0.3, 0.4) is 0 Å². The molecular weight excluding hydrogens is 236 g/mol. The van der Waals surface area contributed by atoms with Crippen molar-refractivity contribution in [2.24, 2.45) is 0 Å². The summed E-state index contributed by atoms with van der Waals surface area (Å²) in [7, 11) is 0. The predicted molar refractivity (Wildman–Crippen MR) is 77.4 cm³/mol. The van der Waals surface area contributed by atoms with Crippen LogP contribution in [0.5, 0.6) is 5.75 Å². The Morgan fingerprint density at radius 3 is 2.68 bits per heavy atom. The summed E-state index contributed by atoms with van der Waals surface area (Å²) in [5.74, 6) is 0.910. The van der Waals surface area contributed by atoms with Gasteiger partial charge in [0, 0.05) is 18.3 Å². The highest BCUT2D eigenvalue weighted by Crippen LogP contribution is 2.28. The van der Waals surface area contributed by atoms with Crippen molar-refractivity contribution in [1.82, 2.24) is 0 Å². The molecule has 1 unspecified atom stereocenters. The molecule has 1 atom stereocenters. The van der Waals surface area contributed by atoms with Crippen LogP contribution in [0, 0.1) is 11.3 Å². The molecule has 0 saturated carbocycles. The van der Waals surface area contributed by atoms with E-state index in [1.165, 1.54) is 18.5 Å². The fraction of sp³-hybridized carbons (Fsp3) is 0.562. The second-order valence-electron chi connectivity index (χ2n) is 5.37. The highest BCUT2D eigenvalue weighted by Gasteiger charge is 2.22. The van der Waals surface area contributed by atoms with E-state index in [4.69, 9.17) is 10.00 Å². The molecule has 1 aliphatic heterocycles. The van der Waals surface area contributed by atoms with Crippen LogP contribution >= 0.6 is 0 Å². The average Bonchev–Trinajstić information content (AvgIpc) is 2.40. The topological polar surface area (TPSA) is 36.3 Å². The lowest BCUT2D eigenvalue weighted by Gasteiger charge is -2.36. The number of piperidine rings is 1. The third kappa shape index (κ3) is 3.64. The van der Waals surface area contributed by atoms with E-state index in [1.54, 1.807) is 0 Å². The van der Waals surface area contributed by atoms with Crippen LogP contribution in [0.2, 0.25) is 0 Å². The Morgan fingerprint density at radius 1 is 1.32 bits per heavy atom. The number of anilines is 1. The van der Waals surface area contributed by atoms with Crippen LogP contribution in [0.25, 0.3) is 0 Å². The highest BCUT2D eigenvalue weighted by molar-refractivity contribution is 5.50. The minimum Gasteiger partial charge on any atom is -0.491 e. The Bertz CT molecular complexity index is 433. The number of nitrogens with zero attached hydrogens (tertiary/aromatic N) is 2. The maximum absolute atomic E-state index is 8.93. The fourth-order valence-corrected chi connectivity index (χ4v) is 2.65. The molecule has 0 radical (unpaired) electrons. The van der Waals surface area contributed by atoms with Gasteiger partial charge in [0.15, 0.2) is 0 Å². The molecule has 0 bridgehead atoms. The quantitative estimate of drug-likeness (QED) is 0.825. The lowest BCUT2D eigenvalue weighted by atomic mass is 9.99. The molecule has 0 aromatic heterocycles. The zero-order valence-electron chi connectivity index (χ0n) is 11.8. The van der Waals surface area contributed by atoms with Gasteiger partial charge in [-0.3, -0.25) is 0 Å². The molecule has 3 heteroatoms. The Kier molecular flexibility index (Phi) is 4.68. The number of rotatable bonds is 4. The summed E-state index contributed by atoms with van der Waals surface area (Å²) in [5, 5.41) is 8.93. The molecule has 19 heavy (non-hydrogen) atoms. The van der Waals surface area contributed by atoms with Gasteiger partial charge in [0.1, 0.15) is 5.75 Å². The standard InChI is InChI=1S/C16H22N2O/c1-13(2)19-16-8-6-15(7-9-16)18-12-4-3-5-14(18)10-11-17/h6-9,13-14H,3-5,10,12H2,1-2H3. The second-order valence-corrected chi connectivity index (χ2v) is 5.37. The Balaban J connectivity index is 2.09. The number of hydrogen-bond donors (Lipinski definition) is 0.